The Morgan fingerprint density at radius 1 is 1.29 bits per heavy atom. The first-order chi connectivity index (χ1) is 11.4. The zero-order valence-corrected chi connectivity index (χ0v) is 14.7. The van der Waals surface area contributed by atoms with Crippen LogP contribution in [0.4, 0.5) is 11.4 Å². The molecule has 0 radical (unpaired) electrons. The van der Waals surface area contributed by atoms with Crippen LogP contribution in [0.5, 0.6) is 0 Å². The fourth-order valence-electron chi connectivity index (χ4n) is 2.42. The second kappa shape index (κ2) is 8.10. The maximum Gasteiger partial charge on any atom is 0.348 e. The third kappa shape index (κ3) is 4.67. The predicted octanol–water partition coefficient (Wildman–Crippen LogP) is 4.76. The van der Waals surface area contributed by atoms with E-state index >= 15 is 0 Å². The van der Waals surface area contributed by atoms with Gasteiger partial charge in [0, 0.05) is 10.8 Å². The van der Waals surface area contributed by atoms with Crippen LogP contribution in [-0.4, -0.2) is 17.5 Å². The fraction of sp³-hybridized carbons (Fsp3) is 0.471. The summed E-state index contributed by atoms with van der Waals surface area (Å²) in [6, 6.07) is 4.59. The van der Waals surface area contributed by atoms with Crippen molar-refractivity contribution in [3.05, 3.63) is 33.2 Å². The number of hydrogen-bond acceptors (Lipinski definition) is 6. The number of benzene rings is 1. The topological polar surface area (TPSA) is 95.5 Å². The zero-order valence-electron chi connectivity index (χ0n) is 13.9. The summed E-state index contributed by atoms with van der Waals surface area (Å²) in [6.45, 7) is 4.78. The minimum absolute atomic E-state index is 0.0929. The molecule has 2 rings (SSSR count). The number of ether oxygens (including phenoxy) is 1. The Morgan fingerprint density at radius 3 is 2.71 bits per heavy atom. The van der Waals surface area contributed by atoms with Crippen molar-refractivity contribution in [3.8, 4) is 0 Å². The van der Waals surface area contributed by atoms with E-state index in [0.717, 1.165) is 19.3 Å². The molecular weight excluding hydrogens is 328 g/mol. The third-order valence-corrected chi connectivity index (χ3v) is 4.80. The van der Waals surface area contributed by atoms with Crippen molar-refractivity contribution in [1.82, 2.24) is 0 Å². The molecule has 2 N–H and O–H groups in total. The maximum atomic E-state index is 12.1. The Kier molecular flexibility index (Phi) is 6.14. The van der Waals surface area contributed by atoms with Gasteiger partial charge in [0.15, 0.2) is 0 Å². The number of anilines is 1. The number of carbonyl (C=O) groups is 1. The van der Waals surface area contributed by atoms with Gasteiger partial charge in [0.25, 0.3) is 5.69 Å². The number of nitrogens with two attached hydrogens (primary N) is 1. The van der Waals surface area contributed by atoms with Gasteiger partial charge in [-0.1, -0.05) is 33.1 Å². The predicted molar refractivity (Wildman–Crippen MR) is 96.5 cm³/mol. The van der Waals surface area contributed by atoms with E-state index < -0.39 is 4.92 Å². The van der Waals surface area contributed by atoms with E-state index in [1.54, 1.807) is 6.07 Å². The normalized spacial score (nSPS) is 11.1. The molecule has 0 aliphatic heterocycles. The molecule has 0 aliphatic carbocycles. The van der Waals surface area contributed by atoms with Gasteiger partial charge >= 0.3 is 5.97 Å². The molecule has 0 amide bonds. The molecule has 0 fully saturated rings. The quantitative estimate of drug-likeness (QED) is 0.243. The van der Waals surface area contributed by atoms with E-state index in [4.69, 9.17) is 10.5 Å². The lowest BCUT2D eigenvalue weighted by Crippen LogP contribution is -2.04. The largest absolute Gasteiger partial charge is 0.462 e. The standard InChI is InChI=1S/C17H22N2O4S/c1-11(2)6-4-3-5-7-23-17(20)16-9-12-8-13(18)14(19(21)22)10-15(12)24-16/h8-11H,3-7,18H2,1-2H3. The SMILES string of the molecule is CC(C)CCCCCOC(=O)c1cc2cc(N)c([N+](=O)[O-])cc2s1. The molecule has 7 heteroatoms. The smallest absolute Gasteiger partial charge is 0.348 e. The molecule has 0 aliphatic rings. The van der Waals surface area contributed by atoms with Crippen LogP contribution in [0, 0.1) is 16.0 Å². The molecule has 0 saturated heterocycles. The average Bonchev–Trinajstić information content (AvgIpc) is 2.92. The highest BCUT2D eigenvalue weighted by Crippen LogP contribution is 2.33. The van der Waals surface area contributed by atoms with Crippen LogP contribution in [0.15, 0.2) is 18.2 Å². The number of fused-ring (bicyclic) bond motifs is 1. The minimum Gasteiger partial charge on any atom is -0.462 e. The second-order valence-corrected chi connectivity index (χ2v) is 7.28. The molecular formula is C17H22N2O4S. The van der Waals surface area contributed by atoms with Crippen LogP contribution in [0.1, 0.15) is 49.2 Å². The van der Waals surface area contributed by atoms with Crippen LogP contribution < -0.4 is 5.73 Å². The molecule has 130 valence electrons. The molecule has 0 bridgehead atoms. The highest BCUT2D eigenvalue weighted by molar-refractivity contribution is 7.20. The molecule has 1 heterocycles. The van der Waals surface area contributed by atoms with Crippen molar-refractivity contribution in [3.63, 3.8) is 0 Å². The van der Waals surface area contributed by atoms with Crippen molar-refractivity contribution in [1.29, 1.82) is 0 Å². The van der Waals surface area contributed by atoms with E-state index in [0.29, 0.717) is 27.5 Å². The molecule has 0 spiro atoms. The molecule has 24 heavy (non-hydrogen) atoms. The number of nitrogen functional groups attached to an aromatic ring is 1. The lowest BCUT2D eigenvalue weighted by atomic mass is 10.1. The molecule has 6 nitrogen and oxygen atoms in total. The van der Waals surface area contributed by atoms with E-state index in [1.165, 1.54) is 29.9 Å². The first kappa shape index (κ1) is 18.2. The number of unbranched alkanes of at least 4 members (excludes halogenated alkanes) is 2. The second-order valence-electron chi connectivity index (χ2n) is 6.20. The summed E-state index contributed by atoms with van der Waals surface area (Å²) in [7, 11) is 0. The number of nitro groups is 1. The van der Waals surface area contributed by atoms with Crippen molar-refractivity contribution >= 4 is 38.8 Å². The number of rotatable bonds is 8. The zero-order chi connectivity index (χ0) is 17.7. The summed E-state index contributed by atoms with van der Waals surface area (Å²) in [6.07, 6.45) is 4.22. The van der Waals surface area contributed by atoms with Gasteiger partial charge in [0.05, 0.1) is 11.5 Å². The van der Waals surface area contributed by atoms with Crippen molar-refractivity contribution in [2.45, 2.75) is 39.5 Å². The van der Waals surface area contributed by atoms with Gasteiger partial charge in [-0.15, -0.1) is 11.3 Å². The minimum atomic E-state index is -0.524. The van der Waals surface area contributed by atoms with E-state index in [2.05, 4.69) is 13.8 Å². The van der Waals surface area contributed by atoms with Crippen LogP contribution in [-0.2, 0) is 4.74 Å². The van der Waals surface area contributed by atoms with Gasteiger partial charge in [-0.05, 0) is 29.9 Å². The maximum absolute atomic E-state index is 12.1. The molecule has 1 aromatic heterocycles. The summed E-state index contributed by atoms with van der Waals surface area (Å²) in [5.74, 6) is 0.309. The summed E-state index contributed by atoms with van der Waals surface area (Å²) in [5, 5.41) is 11.6. The van der Waals surface area contributed by atoms with E-state index in [9.17, 15) is 14.9 Å². The Morgan fingerprint density at radius 2 is 2.04 bits per heavy atom. The van der Waals surface area contributed by atoms with Crippen LogP contribution in [0.2, 0.25) is 0 Å². The molecule has 0 atom stereocenters. The van der Waals surface area contributed by atoms with Gasteiger partial charge in [0.2, 0.25) is 0 Å². The Balaban J connectivity index is 1.94. The van der Waals surface area contributed by atoms with Crippen LogP contribution in [0.3, 0.4) is 0 Å². The first-order valence-corrected chi connectivity index (χ1v) is 8.84. The molecule has 2 aromatic rings. The van der Waals surface area contributed by atoms with Gasteiger partial charge in [-0.3, -0.25) is 10.1 Å². The highest BCUT2D eigenvalue weighted by atomic mass is 32.1. The summed E-state index contributed by atoms with van der Waals surface area (Å²) >= 11 is 1.18. The number of carbonyl (C=O) groups excluding carboxylic acids is 1. The summed E-state index contributed by atoms with van der Waals surface area (Å²) < 4.78 is 5.93. The Hall–Kier alpha value is -2.15. The first-order valence-electron chi connectivity index (χ1n) is 8.03. The summed E-state index contributed by atoms with van der Waals surface area (Å²) in [4.78, 5) is 22.9. The Labute approximate surface area is 144 Å². The van der Waals surface area contributed by atoms with Crippen LogP contribution >= 0.6 is 11.3 Å². The van der Waals surface area contributed by atoms with Crippen molar-refractivity contribution in [2.24, 2.45) is 5.92 Å². The average molecular weight is 350 g/mol. The van der Waals surface area contributed by atoms with Gasteiger partial charge in [-0.25, -0.2) is 4.79 Å². The molecule has 0 unspecified atom stereocenters. The molecule has 1 aromatic carbocycles. The monoisotopic (exact) mass is 350 g/mol. The Bertz CT molecular complexity index is 740. The van der Waals surface area contributed by atoms with Gasteiger partial charge in [-0.2, -0.15) is 0 Å². The lowest BCUT2D eigenvalue weighted by Gasteiger charge is -2.05. The number of esters is 1. The summed E-state index contributed by atoms with van der Waals surface area (Å²) in [5.41, 5.74) is 5.62. The lowest BCUT2D eigenvalue weighted by molar-refractivity contribution is -0.383. The number of thiophene rings is 1. The van der Waals surface area contributed by atoms with Crippen LogP contribution in [0.25, 0.3) is 10.1 Å². The van der Waals surface area contributed by atoms with Gasteiger partial charge < -0.3 is 10.5 Å². The van der Waals surface area contributed by atoms with E-state index in [-0.39, 0.29) is 17.3 Å². The fourth-order valence-corrected chi connectivity index (χ4v) is 3.39. The molecule has 0 saturated carbocycles. The number of nitro benzene ring substituents is 1. The number of nitrogens with zero attached hydrogens (tertiary/aromatic N) is 1. The van der Waals surface area contributed by atoms with Crippen molar-refractivity contribution < 1.29 is 14.5 Å². The van der Waals surface area contributed by atoms with E-state index in [1.807, 2.05) is 0 Å². The van der Waals surface area contributed by atoms with Crippen molar-refractivity contribution in [2.75, 3.05) is 12.3 Å². The third-order valence-electron chi connectivity index (χ3n) is 3.72. The highest BCUT2D eigenvalue weighted by Gasteiger charge is 2.17. The van der Waals surface area contributed by atoms with Gasteiger partial charge in [0.1, 0.15) is 10.6 Å². The number of hydrogen-bond donors (Lipinski definition) is 1.